The monoisotopic (exact) mass is 222 g/mol. The molecule has 0 amide bonds. The molecule has 3 heteroatoms. The molecule has 0 spiro atoms. The van der Waals surface area contributed by atoms with Gasteiger partial charge in [0, 0.05) is 12.2 Å². The van der Waals surface area contributed by atoms with Gasteiger partial charge in [0.1, 0.15) is 5.75 Å². The van der Waals surface area contributed by atoms with E-state index in [4.69, 9.17) is 0 Å². The number of ketones is 1. The Morgan fingerprint density at radius 2 is 2.27 bits per heavy atom. The minimum absolute atomic E-state index is 0.0462. The Labute approximate surface area is 95.0 Å². The van der Waals surface area contributed by atoms with Crippen molar-refractivity contribution in [3.63, 3.8) is 0 Å². The van der Waals surface area contributed by atoms with Gasteiger partial charge in [-0.25, -0.2) is 0 Å². The molecule has 0 aliphatic carbocycles. The standard InChI is InChI=1S/C12H14O2S/c1-2-11(13)10-8-9(4-3-7-15)5-6-12(10)14/h3-6,8,14-15H,2,7H2,1H3. The van der Waals surface area contributed by atoms with Crippen molar-refractivity contribution >= 4 is 24.5 Å². The second-order valence-electron chi connectivity index (χ2n) is 3.14. The van der Waals surface area contributed by atoms with Gasteiger partial charge in [0.25, 0.3) is 0 Å². The molecule has 0 aromatic heterocycles. The summed E-state index contributed by atoms with van der Waals surface area (Å²) in [6, 6.07) is 5.00. The molecule has 1 aromatic rings. The minimum Gasteiger partial charge on any atom is -0.507 e. The van der Waals surface area contributed by atoms with Gasteiger partial charge in [-0.3, -0.25) is 4.79 Å². The van der Waals surface area contributed by atoms with Crippen LogP contribution in [-0.4, -0.2) is 16.6 Å². The molecule has 1 aromatic carbocycles. The zero-order valence-electron chi connectivity index (χ0n) is 8.60. The Morgan fingerprint density at radius 1 is 1.53 bits per heavy atom. The molecule has 0 saturated heterocycles. The number of Topliss-reactive ketones (excluding diaryl/α,β-unsaturated/α-hetero) is 1. The summed E-state index contributed by atoms with van der Waals surface area (Å²) in [6.45, 7) is 1.78. The van der Waals surface area contributed by atoms with Crippen LogP contribution in [0, 0.1) is 0 Å². The maximum Gasteiger partial charge on any atom is 0.166 e. The van der Waals surface area contributed by atoms with Crippen molar-refractivity contribution in [3.05, 3.63) is 35.4 Å². The second-order valence-corrected chi connectivity index (χ2v) is 3.50. The molecule has 0 aliphatic heterocycles. The molecule has 80 valence electrons. The van der Waals surface area contributed by atoms with Gasteiger partial charge < -0.3 is 5.11 Å². The third-order valence-electron chi connectivity index (χ3n) is 2.06. The Kier molecular flexibility index (Phi) is 4.43. The van der Waals surface area contributed by atoms with E-state index >= 15 is 0 Å². The number of hydrogen-bond acceptors (Lipinski definition) is 3. The summed E-state index contributed by atoms with van der Waals surface area (Å²) in [5.74, 6) is 0.649. The lowest BCUT2D eigenvalue weighted by Crippen LogP contribution is -1.97. The summed E-state index contributed by atoms with van der Waals surface area (Å²) in [5.41, 5.74) is 1.29. The zero-order valence-corrected chi connectivity index (χ0v) is 9.50. The summed E-state index contributed by atoms with van der Waals surface area (Å²) in [5, 5.41) is 9.50. The number of carbonyl (C=O) groups excluding carboxylic acids is 1. The van der Waals surface area contributed by atoms with Crippen LogP contribution in [0.1, 0.15) is 29.3 Å². The SMILES string of the molecule is CCC(=O)c1cc(C=CCS)ccc1O. The summed E-state index contributed by atoms with van der Waals surface area (Å²) in [7, 11) is 0. The third kappa shape index (κ3) is 3.13. The van der Waals surface area contributed by atoms with Crippen molar-refractivity contribution < 1.29 is 9.90 Å². The smallest absolute Gasteiger partial charge is 0.166 e. The maximum absolute atomic E-state index is 11.5. The van der Waals surface area contributed by atoms with Crippen LogP contribution in [0.5, 0.6) is 5.75 Å². The zero-order chi connectivity index (χ0) is 11.3. The molecule has 0 radical (unpaired) electrons. The largest absolute Gasteiger partial charge is 0.507 e. The van der Waals surface area contributed by atoms with E-state index in [1.807, 2.05) is 12.2 Å². The van der Waals surface area contributed by atoms with Gasteiger partial charge in [-0.2, -0.15) is 12.6 Å². The number of thiol groups is 1. The topological polar surface area (TPSA) is 37.3 Å². The van der Waals surface area contributed by atoms with Gasteiger partial charge in [-0.1, -0.05) is 25.1 Å². The number of aromatic hydroxyl groups is 1. The van der Waals surface area contributed by atoms with Gasteiger partial charge >= 0.3 is 0 Å². The quantitative estimate of drug-likeness (QED) is 0.607. The average Bonchev–Trinajstić information content (AvgIpc) is 2.27. The lowest BCUT2D eigenvalue weighted by Gasteiger charge is -2.03. The molecule has 2 nitrogen and oxygen atoms in total. The lowest BCUT2D eigenvalue weighted by atomic mass is 10.0. The first-order valence-corrected chi connectivity index (χ1v) is 5.46. The average molecular weight is 222 g/mol. The van der Waals surface area contributed by atoms with Crippen LogP contribution >= 0.6 is 12.6 Å². The van der Waals surface area contributed by atoms with Gasteiger partial charge in [-0.05, 0) is 17.7 Å². The van der Waals surface area contributed by atoms with E-state index < -0.39 is 0 Å². The Morgan fingerprint density at radius 3 is 2.87 bits per heavy atom. The molecule has 0 fully saturated rings. The molecular formula is C12H14O2S. The van der Waals surface area contributed by atoms with E-state index in [1.165, 1.54) is 0 Å². The molecule has 0 unspecified atom stereocenters. The molecule has 0 heterocycles. The predicted octanol–water partition coefficient (Wildman–Crippen LogP) is 2.93. The summed E-state index contributed by atoms with van der Waals surface area (Å²) >= 11 is 4.05. The number of benzene rings is 1. The van der Waals surface area contributed by atoms with Crippen molar-refractivity contribution in [2.24, 2.45) is 0 Å². The van der Waals surface area contributed by atoms with Crippen molar-refractivity contribution in [2.45, 2.75) is 13.3 Å². The Balaban J connectivity index is 3.05. The molecule has 0 aliphatic rings. The first-order chi connectivity index (χ1) is 7.19. The fourth-order valence-corrected chi connectivity index (χ4v) is 1.37. The Hall–Kier alpha value is -1.22. The third-order valence-corrected chi connectivity index (χ3v) is 2.27. The van der Waals surface area contributed by atoms with Crippen LogP contribution in [-0.2, 0) is 0 Å². The van der Waals surface area contributed by atoms with E-state index in [0.29, 0.717) is 17.7 Å². The number of phenols is 1. The molecular weight excluding hydrogens is 208 g/mol. The molecule has 15 heavy (non-hydrogen) atoms. The van der Waals surface area contributed by atoms with Crippen LogP contribution in [0.25, 0.3) is 6.08 Å². The molecule has 1 rings (SSSR count). The normalized spacial score (nSPS) is 10.8. The molecule has 0 bridgehead atoms. The summed E-state index contributed by atoms with van der Waals surface area (Å²) < 4.78 is 0. The number of rotatable bonds is 4. The number of phenolic OH excluding ortho intramolecular Hbond substituents is 1. The van der Waals surface area contributed by atoms with Gasteiger partial charge in [-0.15, -0.1) is 0 Å². The first kappa shape index (κ1) is 11.9. The van der Waals surface area contributed by atoms with E-state index in [9.17, 15) is 9.90 Å². The van der Waals surface area contributed by atoms with Crippen LogP contribution < -0.4 is 0 Å². The second kappa shape index (κ2) is 5.61. The van der Waals surface area contributed by atoms with Crippen molar-refractivity contribution in [2.75, 3.05) is 5.75 Å². The Bertz CT molecular complexity index is 383. The lowest BCUT2D eigenvalue weighted by molar-refractivity contribution is 0.0985. The van der Waals surface area contributed by atoms with Gasteiger partial charge in [0.2, 0.25) is 0 Å². The van der Waals surface area contributed by atoms with Gasteiger partial charge in [0.05, 0.1) is 5.56 Å². The summed E-state index contributed by atoms with van der Waals surface area (Å²) in [6.07, 6.45) is 4.15. The molecule has 0 saturated carbocycles. The fraction of sp³-hybridized carbons (Fsp3) is 0.250. The van der Waals surface area contributed by atoms with Crippen molar-refractivity contribution in [1.82, 2.24) is 0 Å². The van der Waals surface area contributed by atoms with E-state index in [0.717, 1.165) is 5.56 Å². The minimum atomic E-state index is -0.0476. The fourth-order valence-electron chi connectivity index (χ4n) is 1.26. The van der Waals surface area contributed by atoms with Gasteiger partial charge in [0.15, 0.2) is 5.78 Å². The van der Waals surface area contributed by atoms with E-state index in [2.05, 4.69) is 12.6 Å². The van der Waals surface area contributed by atoms with Crippen LogP contribution in [0.15, 0.2) is 24.3 Å². The highest BCUT2D eigenvalue weighted by atomic mass is 32.1. The van der Waals surface area contributed by atoms with E-state index in [-0.39, 0.29) is 11.5 Å². The molecule has 0 atom stereocenters. The maximum atomic E-state index is 11.5. The highest BCUT2D eigenvalue weighted by molar-refractivity contribution is 7.80. The summed E-state index contributed by atoms with van der Waals surface area (Å²) in [4.78, 5) is 11.5. The van der Waals surface area contributed by atoms with Crippen molar-refractivity contribution in [1.29, 1.82) is 0 Å². The predicted molar refractivity (Wildman–Crippen MR) is 65.6 cm³/mol. The van der Waals surface area contributed by atoms with E-state index in [1.54, 1.807) is 25.1 Å². The number of hydrogen-bond donors (Lipinski definition) is 2. The first-order valence-electron chi connectivity index (χ1n) is 4.82. The van der Waals surface area contributed by atoms with Crippen molar-refractivity contribution in [3.8, 4) is 5.75 Å². The number of carbonyl (C=O) groups is 1. The highest BCUT2D eigenvalue weighted by Gasteiger charge is 2.08. The highest BCUT2D eigenvalue weighted by Crippen LogP contribution is 2.20. The van der Waals surface area contributed by atoms with Crippen LogP contribution in [0.3, 0.4) is 0 Å². The van der Waals surface area contributed by atoms with Crippen LogP contribution in [0.2, 0.25) is 0 Å². The van der Waals surface area contributed by atoms with Crippen LogP contribution in [0.4, 0.5) is 0 Å². The molecule has 1 N–H and O–H groups in total.